The minimum Gasteiger partial charge on any atom is -0.391 e. The Morgan fingerprint density at radius 3 is 2.50 bits per heavy atom. The number of nitrogens with two attached hydrogens (primary N) is 2. The van der Waals surface area contributed by atoms with Crippen molar-refractivity contribution in [2.24, 2.45) is 11.5 Å². The molecule has 1 spiro atoms. The smallest absolute Gasteiger partial charge is 0.242 e. The minimum absolute atomic E-state index is 0.324. The largest absolute Gasteiger partial charge is 0.391 e. The standard InChI is InChI=1S/C15H27N5O5S/c1-7(21)10(16)14(25)20-4-3-15(6-20)19-9(5-26-15)13(24)18-11(8(2)22)12(17)23/h7-11,19,21-22H,3-6,16H2,1-2H3,(H2,17,23)(H,18,24)/t7-,8-,9?,10+,11+,15?/m1/s1. The van der Waals surface area contributed by atoms with Crippen molar-refractivity contribution in [3.05, 3.63) is 0 Å². The van der Waals surface area contributed by atoms with E-state index in [1.54, 1.807) is 4.90 Å². The van der Waals surface area contributed by atoms with Gasteiger partial charge in [0.1, 0.15) is 12.1 Å². The maximum atomic E-state index is 12.4. The van der Waals surface area contributed by atoms with Gasteiger partial charge in [-0.3, -0.25) is 19.7 Å². The van der Waals surface area contributed by atoms with E-state index < -0.39 is 47.0 Å². The third kappa shape index (κ3) is 4.46. The lowest BCUT2D eigenvalue weighted by atomic mass is 10.1. The van der Waals surface area contributed by atoms with E-state index >= 15 is 0 Å². The van der Waals surface area contributed by atoms with Crippen LogP contribution < -0.4 is 22.1 Å². The number of likely N-dealkylation sites (tertiary alicyclic amines) is 1. The van der Waals surface area contributed by atoms with Crippen molar-refractivity contribution in [1.82, 2.24) is 15.5 Å². The zero-order valence-corrected chi connectivity index (χ0v) is 15.7. The number of aliphatic hydroxyl groups excluding tert-OH is 2. The van der Waals surface area contributed by atoms with Crippen molar-refractivity contribution < 1.29 is 24.6 Å². The summed E-state index contributed by atoms with van der Waals surface area (Å²) < 4.78 is 0. The Balaban J connectivity index is 1.95. The Morgan fingerprint density at radius 1 is 1.31 bits per heavy atom. The van der Waals surface area contributed by atoms with Crippen molar-refractivity contribution >= 4 is 29.5 Å². The predicted molar refractivity (Wildman–Crippen MR) is 95.8 cm³/mol. The molecule has 0 aromatic heterocycles. The number of carbonyl (C=O) groups excluding carboxylic acids is 3. The predicted octanol–water partition coefficient (Wildman–Crippen LogP) is -3.32. The lowest BCUT2D eigenvalue weighted by Crippen LogP contribution is -2.57. The van der Waals surface area contributed by atoms with E-state index in [0.717, 1.165) is 0 Å². The highest BCUT2D eigenvalue weighted by Crippen LogP contribution is 2.38. The van der Waals surface area contributed by atoms with Crippen LogP contribution in [0.1, 0.15) is 20.3 Å². The Labute approximate surface area is 156 Å². The maximum Gasteiger partial charge on any atom is 0.242 e. The molecule has 2 aliphatic rings. The van der Waals surface area contributed by atoms with Gasteiger partial charge in [0, 0.05) is 18.8 Å². The van der Waals surface area contributed by atoms with Gasteiger partial charge >= 0.3 is 0 Å². The van der Waals surface area contributed by atoms with Gasteiger partial charge in [-0.2, -0.15) is 0 Å². The molecule has 6 atom stereocenters. The quantitative estimate of drug-likeness (QED) is 0.274. The molecular formula is C15H27N5O5S. The van der Waals surface area contributed by atoms with E-state index in [9.17, 15) is 24.6 Å². The molecule has 0 saturated carbocycles. The Kier molecular flexibility index (Phi) is 6.51. The fraction of sp³-hybridized carbons (Fsp3) is 0.800. The first-order chi connectivity index (χ1) is 12.1. The van der Waals surface area contributed by atoms with Crippen molar-refractivity contribution in [2.45, 2.75) is 55.5 Å². The van der Waals surface area contributed by atoms with Gasteiger partial charge in [-0.1, -0.05) is 0 Å². The second-order valence-electron chi connectivity index (χ2n) is 6.91. The van der Waals surface area contributed by atoms with Crippen molar-refractivity contribution in [1.29, 1.82) is 0 Å². The van der Waals surface area contributed by atoms with Gasteiger partial charge in [0.05, 0.1) is 23.1 Å². The second-order valence-corrected chi connectivity index (χ2v) is 8.31. The van der Waals surface area contributed by atoms with Gasteiger partial charge in [0.2, 0.25) is 17.7 Å². The number of amides is 3. The van der Waals surface area contributed by atoms with E-state index in [0.29, 0.717) is 25.3 Å². The molecule has 2 unspecified atom stereocenters. The summed E-state index contributed by atoms with van der Waals surface area (Å²) in [5.74, 6) is -1.10. The highest BCUT2D eigenvalue weighted by Gasteiger charge is 2.48. The van der Waals surface area contributed by atoms with Crippen LogP contribution in [0.4, 0.5) is 0 Å². The third-order valence-electron chi connectivity index (χ3n) is 4.72. The van der Waals surface area contributed by atoms with Crippen LogP contribution >= 0.6 is 11.8 Å². The summed E-state index contributed by atoms with van der Waals surface area (Å²) in [7, 11) is 0. The van der Waals surface area contributed by atoms with Crippen LogP contribution in [0.2, 0.25) is 0 Å². The maximum absolute atomic E-state index is 12.4. The summed E-state index contributed by atoms with van der Waals surface area (Å²) in [6, 6.07) is -2.70. The summed E-state index contributed by atoms with van der Waals surface area (Å²) >= 11 is 1.53. The molecule has 8 N–H and O–H groups in total. The highest BCUT2D eigenvalue weighted by molar-refractivity contribution is 8.01. The fourth-order valence-electron chi connectivity index (χ4n) is 3.09. The molecule has 11 heteroatoms. The van der Waals surface area contributed by atoms with Gasteiger partial charge in [0.15, 0.2) is 0 Å². The number of hydrogen-bond donors (Lipinski definition) is 6. The van der Waals surface area contributed by atoms with Gasteiger partial charge in [-0.05, 0) is 20.3 Å². The van der Waals surface area contributed by atoms with E-state index in [1.165, 1.54) is 25.6 Å². The topological polar surface area (TPSA) is 171 Å². The molecular weight excluding hydrogens is 362 g/mol. The number of thioether (sulfide) groups is 1. The van der Waals surface area contributed by atoms with E-state index in [4.69, 9.17) is 11.5 Å². The number of rotatable bonds is 6. The highest BCUT2D eigenvalue weighted by atomic mass is 32.2. The zero-order valence-electron chi connectivity index (χ0n) is 14.8. The first-order valence-corrected chi connectivity index (χ1v) is 9.47. The summed E-state index contributed by atoms with van der Waals surface area (Å²) in [5.41, 5.74) is 10.9. The normalized spacial score (nSPS) is 30.0. The molecule has 0 bridgehead atoms. The van der Waals surface area contributed by atoms with E-state index in [2.05, 4.69) is 10.6 Å². The van der Waals surface area contributed by atoms with Crippen LogP contribution in [0.3, 0.4) is 0 Å². The van der Waals surface area contributed by atoms with Crippen LogP contribution in [0.25, 0.3) is 0 Å². The lowest BCUT2D eigenvalue weighted by Gasteiger charge is -2.27. The average Bonchev–Trinajstić information content (AvgIpc) is 3.17. The number of nitrogens with zero attached hydrogens (tertiary/aromatic N) is 1. The molecule has 10 nitrogen and oxygen atoms in total. The van der Waals surface area contributed by atoms with Gasteiger partial charge in [-0.25, -0.2) is 0 Å². The molecule has 2 saturated heterocycles. The SMILES string of the molecule is C[C@@H](O)[C@H](N)C(=O)N1CCC2(C1)NC(C(=O)N[C@H](C(N)=O)[C@@H](C)O)CS2. The first-order valence-electron chi connectivity index (χ1n) is 8.48. The molecule has 2 fully saturated rings. The fourth-order valence-corrected chi connectivity index (χ4v) is 4.52. The second kappa shape index (κ2) is 8.09. The molecule has 2 heterocycles. The average molecular weight is 389 g/mol. The zero-order chi connectivity index (χ0) is 19.6. The molecule has 26 heavy (non-hydrogen) atoms. The number of hydrogen-bond acceptors (Lipinski definition) is 8. The molecule has 0 radical (unpaired) electrons. The minimum atomic E-state index is -1.16. The van der Waals surface area contributed by atoms with Gasteiger partial charge in [0.25, 0.3) is 0 Å². The lowest BCUT2D eigenvalue weighted by molar-refractivity contribution is -0.134. The number of nitrogens with one attached hydrogen (secondary N) is 2. The monoisotopic (exact) mass is 389 g/mol. The number of aliphatic hydroxyl groups is 2. The summed E-state index contributed by atoms with van der Waals surface area (Å²) in [6.07, 6.45) is -1.40. The van der Waals surface area contributed by atoms with Crippen LogP contribution in [0.5, 0.6) is 0 Å². The van der Waals surface area contributed by atoms with Crippen molar-refractivity contribution in [3.63, 3.8) is 0 Å². The summed E-state index contributed by atoms with van der Waals surface area (Å²) in [6.45, 7) is 3.69. The summed E-state index contributed by atoms with van der Waals surface area (Å²) in [5, 5.41) is 24.7. The number of primary amides is 1. The molecule has 0 aromatic carbocycles. The van der Waals surface area contributed by atoms with Crippen LogP contribution in [-0.2, 0) is 14.4 Å². The van der Waals surface area contributed by atoms with Crippen LogP contribution in [-0.4, -0.2) is 86.9 Å². The molecule has 2 rings (SSSR count). The van der Waals surface area contributed by atoms with Crippen LogP contribution in [0.15, 0.2) is 0 Å². The third-order valence-corrected chi connectivity index (χ3v) is 6.22. The summed E-state index contributed by atoms with van der Waals surface area (Å²) in [4.78, 5) is 37.1. The van der Waals surface area contributed by atoms with Crippen molar-refractivity contribution in [3.8, 4) is 0 Å². The van der Waals surface area contributed by atoms with E-state index in [-0.39, 0.29) is 5.91 Å². The molecule has 0 aromatic rings. The Morgan fingerprint density at radius 2 is 1.96 bits per heavy atom. The Hall–Kier alpha value is -1.40. The molecule has 3 amide bonds. The van der Waals surface area contributed by atoms with Crippen molar-refractivity contribution in [2.75, 3.05) is 18.8 Å². The number of carbonyl (C=O) groups is 3. The first kappa shape index (κ1) is 20.9. The van der Waals surface area contributed by atoms with Gasteiger partial charge in [-0.15, -0.1) is 11.8 Å². The van der Waals surface area contributed by atoms with E-state index in [1.807, 2.05) is 0 Å². The van der Waals surface area contributed by atoms with Crippen LogP contribution in [0, 0.1) is 0 Å². The Bertz CT molecular complexity index is 575. The molecule has 2 aliphatic heterocycles. The van der Waals surface area contributed by atoms with Gasteiger partial charge < -0.3 is 31.9 Å². The molecule has 148 valence electrons. The molecule has 0 aliphatic carbocycles.